The summed E-state index contributed by atoms with van der Waals surface area (Å²) in [6.45, 7) is 2.90. The highest BCUT2D eigenvalue weighted by Gasteiger charge is 2.28. The zero-order valence-corrected chi connectivity index (χ0v) is 11.4. The Labute approximate surface area is 112 Å². The summed E-state index contributed by atoms with van der Waals surface area (Å²) in [4.78, 5) is -0.418. The minimum atomic E-state index is -3.91. The molecule has 0 spiro atoms. The third kappa shape index (κ3) is 3.23. The highest BCUT2D eigenvalue weighted by molar-refractivity contribution is 7.89. The van der Waals surface area contributed by atoms with Crippen LogP contribution in [0.3, 0.4) is 0 Å². The first kappa shape index (κ1) is 14.2. The monoisotopic (exact) mass is 288 g/mol. The van der Waals surface area contributed by atoms with Crippen LogP contribution >= 0.6 is 0 Å². The molecule has 5 nitrogen and oxygen atoms in total. The Kier molecular flexibility index (Phi) is 4.07. The largest absolute Gasteiger partial charge is 0.399 e. The van der Waals surface area contributed by atoms with Gasteiger partial charge in [-0.2, -0.15) is 0 Å². The van der Waals surface area contributed by atoms with E-state index in [-0.39, 0.29) is 17.6 Å². The van der Waals surface area contributed by atoms with Gasteiger partial charge in [0.15, 0.2) is 0 Å². The number of nitrogens with two attached hydrogens (primary N) is 1. The summed E-state index contributed by atoms with van der Waals surface area (Å²) < 4.78 is 45.5. The average Bonchev–Trinajstić information content (AvgIpc) is 2.85. The van der Waals surface area contributed by atoms with Crippen molar-refractivity contribution in [2.75, 3.05) is 18.9 Å². The molecule has 2 rings (SSSR count). The second-order valence-electron chi connectivity index (χ2n) is 4.72. The molecule has 0 amide bonds. The third-order valence-corrected chi connectivity index (χ3v) is 4.83. The van der Waals surface area contributed by atoms with Gasteiger partial charge < -0.3 is 10.5 Å². The maximum absolute atomic E-state index is 13.6. The first-order chi connectivity index (χ1) is 8.90. The molecule has 1 aliphatic heterocycles. The van der Waals surface area contributed by atoms with Gasteiger partial charge in [0, 0.05) is 24.3 Å². The van der Waals surface area contributed by atoms with E-state index in [0.29, 0.717) is 13.2 Å². The van der Waals surface area contributed by atoms with Crippen molar-refractivity contribution in [2.45, 2.75) is 24.3 Å². The summed E-state index contributed by atoms with van der Waals surface area (Å²) in [6, 6.07) is 3.18. The highest BCUT2D eigenvalue weighted by Crippen LogP contribution is 2.21. The molecule has 0 aliphatic carbocycles. The second-order valence-corrected chi connectivity index (χ2v) is 6.41. The highest BCUT2D eigenvalue weighted by atomic mass is 32.2. The molecule has 1 heterocycles. The van der Waals surface area contributed by atoms with E-state index in [9.17, 15) is 12.8 Å². The predicted molar refractivity (Wildman–Crippen MR) is 69.5 cm³/mol. The van der Waals surface area contributed by atoms with Gasteiger partial charge in [0.25, 0.3) is 0 Å². The molecule has 0 bridgehead atoms. The number of hydrogen-bond donors (Lipinski definition) is 2. The van der Waals surface area contributed by atoms with E-state index in [1.54, 1.807) is 6.92 Å². The van der Waals surface area contributed by atoms with Crippen molar-refractivity contribution in [1.82, 2.24) is 4.72 Å². The molecule has 0 aromatic heterocycles. The van der Waals surface area contributed by atoms with Crippen LogP contribution in [-0.2, 0) is 14.8 Å². The normalized spacial score (nSPS) is 21.5. The molecule has 7 heteroatoms. The Bertz CT molecular complexity index is 556. The van der Waals surface area contributed by atoms with E-state index in [1.807, 2.05) is 0 Å². The zero-order valence-electron chi connectivity index (χ0n) is 10.6. The van der Waals surface area contributed by atoms with E-state index < -0.39 is 20.7 Å². The molecule has 0 saturated carbocycles. The molecular weight excluding hydrogens is 271 g/mol. The van der Waals surface area contributed by atoms with E-state index >= 15 is 0 Å². The molecule has 1 aliphatic rings. The average molecular weight is 288 g/mol. The summed E-state index contributed by atoms with van der Waals surface area (Å²) in [5, 5.41) is 0. The Morgan fingerprint density at radius 3 is 2.89 bits per heavy atom. The van der Waals surface area contributed by atoms with Gasteiger partial charge in [0.2, 0.25) is 10.0 Å². The SMILES string of the molecule is CC(NS(=O)(=O)c1cc(N)ccc1F)C1CCOC1. The maximum Gasteiger partial charge on any atom is 0.243 e. The number of hydrogen-bond acceptors (Lipinski definition) is 4. The maximum atomic E-state index is 13.6. The predicted octanol–water partition coefficient (Wildman–Crippen LogP) is 1.11. The number of nitrogen functional groups attached to an aromatic ring is 1. The van der Waals surface area contributed by atoms with Crippen LogP contribution < -0.4 is 10.5 Å². The topological polar surface area (TPSA) is 81.4 Å². The fourth-order valence-corrected chi connectivity index (χ4v) is 3.50. The molecular formula is C12H17FN2O3S. The summed E-state index contributed by atoms with van der Waals surface area (Å²) in [7, 11) is -3.91. The number of ether oxygens (including phenoxy) is 1. The van der Waals surface area contributed by atoms with E-state index in [2.05, 4.69) is 4.72 Å². The molecule has 106 valence electrons. The molecule has 2 unspecified atom stereocenters. The number of rotatable bonds is 4. The zero-order chi connectivity index (χ0) is 14.0. The number of nitrogens with one attached hydrogen (secondary N) is 1. The fourth-order valence-electron chi connectivity index (χ4n) is 2.08. The van der Waals surface area contributed by atoms with E-state index in [1.165, 1.54) is 6.07 Å². The lowest BCUT2D eigenvalue weighted by atomic mass is 10.0. The molecule has 1 saturated heterocycles. The molecule has 3 N–H and O–H groups in total. The van der Waals surface area contributed by atoms with E-state index in [4.69, 9.17) is 10.5 Å². The Morgan fingerprint density at radius 2 is 2.26 bits per heavy atom. The van der Waals surface area contributed by atoms with Gasteiger partial charge in [0.1, 0.15) is 10.7 Å². The van der Waals surface area contributed by atoms with Crippen LogP contribution in [0.5, 0.6) is 0 Å². The number of sulfonamides is 1. The van der Waals surface area contributed by atoms with Crippen LogP contribution in [0.4, 0.5) is 10.1 Å². The van der Waals surface area contributed by atoms with Crippen molar-refractivity contribution in [3.05, 3.63) is 24.0 Å². The van der Waals surface area contributed by atoms with Gasteiger partial charge in [-0.1, -0.05) is 0 Å². The lowest BCUT2D eigenvalue weighted by molar-refractivity contribution is 0.180. The fraction of sp³-hybridized carbons (Fsp3) is 0.500. The minimum absolute atomic E-state index is 0.110. The molecule has 0 radical (unpaired) electrons. The van der Waals surface area contributed by atoms with Crippen molar-refractivity contribution < 1.29 is 17.5 Å². The van der Waals surface area contributed by atoms with Crippen LogP contribution in [0.25, 0.3) is 0 Å². The van der Waals surface area contributed by atoms with Gasteiger partial charge in [-0.15, -0.1) is 0 Å². The summed E-state index contributed by atoms with van der Waals surface area (Å²) in [5.41, 5.74) is 5.71. The minimum Gasteiger partial charge on any atom is -0.399 e. The van der Waals surface area contributed by atoms with Crippen LogP contribution in [-0.4, -0.2) is 27.7 Å². The molecule has 1 fully saturated rings. The first-order valence-electron chi connectivity index (χ1n) is 6.05. The lowest BCUT2D eigenvalue weighted by Crippen LogP contribution is -2.38. The van der Waals surface area contributed by atoms with Gasteiger partial charge in [-0.25, -0.2) is 17.5 Å². The summed E-state index contributed by atoms with van der Waals surface area (Å²) in [5.74, 6) is -0.699. The van der Waals surface area contributed by atoms with Gasteiger partial charge >= 0.3 is 0 Å². The first-order valence-corrected chi connectivity index (χ1v) is 7.53. The molecule has 1 aromatic rings. The van der Waals surface area contributed by atoms with Crippen LogP contribution in [0, 0.1) is 11.7 Å². The number of benzene rings is 1. The smallest absolute Gasteiger partial charge is 0.243 e. The number of anilines is 1. The van der Waals surface area contributed by atoms with Crippen LogP contribution in [0.15, 0.2) is 23.1 Å². The Hall–Kier alpha value is -1.18. The Balaban J connectivity index is 2.19. The van der Waals surface area contributed by atoms with Crippen molar-refractivity contribution in [2.24, 2.45) is 5.92 Å². The van der Waals surface area contributed by atoms with Gasteiger partial charge in [0.05, 0.1) is 6.61 Å². The molecule has 2 atom stereocenters. The van der Waals surface area contributed by atoms with E-state index in [0.717, 1.165) is 18.6 Å². The van der Waals surface area contributed by atoms with Crippen molar-refractivity contribution in [3.63, 3.8) is 0 Å². The lowest BCUT2D eigenvalue weighted by Gasteiger charge is -2.19. The quantitative estimate of drug-likeness (QED) is 0.813. The van der Waals surface area contributed by atoms with Crippen molar-refractivity contribution in [3.8, 4) is 0 Å². The van der Waals surface area contributed by atoms with Gasteiger partial charge in [-0.3, -0.25) is 0 Å². The standard InChI is InChI=1S/C12H17FN2O3S/c1-8(9-4-5-18-7-9)15-19(16,17)12-6-10(14)2-3-11(12)13/h2-3,6,8-9,15H,4-5,7,14H2,1H3. The molecule has 19 heavy (non-hydrogen) atoms. The second kappa shape index (κ2) is 5.44. The third-order valence-electron chi connectivity index (χ3n) is 3.26. The Morgan fingerprint density at radius 1 is 1.53 bits per heavy atom. The van der Waals surface area contributed by atoms with Crippen LogP contribution in [0.1, 0.15) is 13.3 Å². The molecule has 1 aromatic carbocycles. The number of halogens is 1. The summed E-state index contributed by atoms with van der Waals surface area (Å²) in [6.07, 6.45) is 0.795. The van der Waals surface area contributed by atoms with Crippen LogP contribution in [0.2, 0.25) is 0 Å². The van der Waals surface area contributed by atoms with Gasteiger partial charge in [-0.05, 0) is 31.5 Å². The van der Waals surface area contributed by atoms with Crippen molar-refractivity contribution in [1.29, 1.82) is 0 Å². The summed E-state index contributed by atoms with van der Waals surface area (Å²) >= 11 is 0. The van der Waals surface area contributed by atoms with Crippen molar-refractivity contribution >= 4 is 15.7 Å².